The molecule has 3 heterocycles. The second-order valence-electron chi connectivity index (χ2n) is 11.4. The van der Waals surface area contributed by atoms with Gasteiger partial charge < -0.3 is 5.32 Å². The lowest BCUT2D eigenvalue weighted by molar-refractivity contribution is -0.0650. The van der Waals surface area contributed by atoms with E-state index in [0.29, 0.717) is 17.4 Å². The summed E-state index contributed by atoms with van der Waals surface area (Å²) in [6.07, 6.45) is 5.57. The summed E-state index contributed by atoms with van der Waals surface area (Å²) >= 11 is 1.84. The van der Waals surface area contributed by atoms with E-state index in [-0.39, 0.29) is 0 Å². The van der Waals surface area contributed by atoms with Crippen molar-refractivity contribution >= 4 is 21.4 Å². The van der Waals surface area contributed by atoms with Crippen molar-refractivity contribution in [1.82, 2.24) is 15.1 Å². The zero-order chi connectivity index (χ0) is 23.1. The Hall–Kier alpha value is -1.72. The summed E-state index contributed by atoms with van der Waals surface area (Å²) in [5.41, 5.74) is 5.19. The first kappa shape index (κ1) is 22.7. The van der Waals surface area contributed by atoms with Crippen molar-refractivity contribution in [3.63, 3.8) is 0 Å². The molecule has 3 aliphatic rings. The number of piperazine rings is 1. The Morgan fingerprint density at radius 2 is 1.85 bits per heavy atom. The number of thiophene rings is 1. The SMILES string of the molecule is CC(C)c1ccccc1C1CN(Cc2ccc3sccc3c2)CCN1C1CC2(CCNCC2)C1. The van der Waals surface area contributed by atoms with Crippen molar-refractivity contribution in [2.45, 2.75) is 64.1 Å². The van der Waals surface area contributed by atoms with Crippen LogP contribution in [0.5, 0.6) is 0 Å². The first-order valence-corrected chi connectivity index (χ1v) is 14.2. The summed E-state index contributed by atoms with van der Waals surface area (Å²) in [6, 6.07) is 19.9. The summed E-state index contributed by atoms with van der Waals surface area (Å²) in [4.78, 5) is 5.62. The zero-order valence-corrected chi connectivity index (χ0v) is 21.6. The molecule has 2 aromatic carbocycles. The second kappa shape index (κ2) is 9.39. The van der Waals surface area contributed by atoms with Crippen LogP contribution in [-0.4, -0.2) is 48.6 Å². The van der Waals surface area contributed by atoms with E-state index in [1.165, 1.54) is 73.1 Å². The molecule has 3 fully saturated rings. The number of rotatable bonds is 5. The highest BCUT2D eigenvalue weighted by atomic mass is 32.1. The molecule has 1 aromatic heterocycles. The summed E-state index contributed by atoms with van der Waals surface area (Å²) < 4.78 is 1.40. The van der Waals surface area contributed by atoms with Crippen LogP contribution in [0.2, 0.25) is 0 Å². The summed E-state index contributed by atoms with van der Waals surface area (Å²) in [5.74, 6) is 0.562. The third-order valence-electron chi connectivity index (χ3n) is 8.88. The van der Waals surface area contributed by atoms with E-state index in [9.17, 15) is 0 Å². The highest BCUT2D eigenvalue weighted by Crippen LogP contribution is 2.52. The number of piperidine rings is 1. The monoisotopic (exact) mass is 473 g/mol. The molecule has 1 unspecified atom stereocenters. The highest BCUT2D eigenvalue weighted by molar-refractivity contribution is 7.17. The molecule has 6 rings (SSSR count). The van der Waals surface area contributed by atoms with Crippen molar-refractivity contribution in [3.8, 4) is 0 Å². The second-order valence-corrected chi connectivity index (χ2v) is 12.3. The van der Waals surface area contributed by atoms with Crippen LogP contribution < -0.4 is 5.32 Å². The lowest BCUT2D eigenvalue weighted by Crippen LogP contribution is -2.59. The quantitative estimate of drug-likeness (QED) is 0.461. The smallest absolute Gasteiger partial charge is 0.0481 e. The lowest BCUT2D eigenvalue weighted by Gasteiger charge is -2.57. The Bertz CT molecular complexity index is 1120. The van der Waals surface area contributed by atoms with Gasteiger partial charge in [0, 0.05) is 43.0 Å². The number of benzene rings is 2. The van der Waals surface area contributed by atoms with E-state index in [4.69, 9.17) is 0 Å². The van der Waals surface area contributed by atoms with Crippen molar-refractivity contribution in [2.24, 2.45) is 5.41 Å². The van der Waals surface area contributed by atoms with Crippen LogP contribution in [0.4, 0.5) is 0 Å². The molecule has 1 atom stereocenters. The molecule has 0 bridgehead atoms. The van der Waals surface area contributed by atoms with E-state index in [0.717, 1.165) is 19.1 Å². The van der Waals surface area contributed by atoms with Gasteiger partial charge in [-0.2, -0.15) is 0 Å². The number of nitrogens with zero attached hydrogens (tertiary/aromatic N) is 2. The first-order chi connectivity index (χ1) is 16.6. The van der Waals surface area contributed by atoms with Crippen LogP contribution in [0.3, 0.4) is 0 Å². The van der Waals surface area contributed by atoms with E-state index in [2.05, 4.69) is 82.9 Å². The molecule has 34 heavy (non-hydrogen) atoms. The van der Waals surface area contributed by atoms with Crippen LogP contribution in [-0.2, 0) is 6.54 Å². The van der Waals surface area contributed by atoms with Gasteiger partial charge >= 0.3 is 0 Å². The van der Waals surface area contributed by atoms with Gasteiger partial charge in [-0.1, -0.05) is 44.2 Å². The maximum Gasteiger partial charge on any atom is 0.0481 e. The maximum absolute atomic E-state index is 3.58. The zero-order valence-electron chi connectivity index (χ0n) is 20.8. The van der Waals surface area contributed by atoms with E-state index >= 15 is 0 Å². The lowest BCUT2D eigenvalue weighted by atomic mass is 9.60. The molecule has 2 saturated heterocycles. The van der Waals surface area contributed by atoms with Gasteiger partial charge in [-0.3, -0.25) is 9.80 Å². The predicted octanol–water partition coefficient (Wildman–Crippen LogP) is 6.42. The topological polar surface area (TPSA) is 18.5 Å². The summed E-state index contributed by atoms with van der Waals surface area (Å²) in [7, 11) is 0. The van der Waals surface area contributed by atoms with Gasteiger partial charge in [0.15, 0.2) is 0 Å². The first-order valence-electron chi connectivity index (χ1n) is 13.3. The van der Waals surface area contributed by atoms with E-state index in [1.807, 2.05) is 11.3 Å². The van der Waals surface area contributed by atoms with Gasteiger partial charge in [0.25, 0.3) is 0 Å². The minimum absolute atomic E-state index is 0.501. The Balaban J connectivity index is 1.24. The van der Waals surface area contributed by atoms with Crippen LogP contribution in [0.15, 0.2) is 53.9 Å². The molecule has 0 amide bonds. The van der Waals surface area contributed by atoms with Gasteiger partial charge in [0.1, 0.15) is 0 Å². The van der Waals surface area contributed by atoms with Gasteiger partial charge in [-0.15, -0.1) is 11.3 Å². The Morgan fingerprint density at radius 1 is 1.03 bits per heavy atom. The number of hydrogen-bond donors (Lipinski definition) is 1. The molecule has 180 valence electrons. The molecule has 2 aliphatic heterocycles. The molecular weight excluding hydrogens is 434 g/mol. The van der Waals surface area contributed by atoms with Gasteiger partial charge in [-0.05, 0) is 95.8 Å². The standard InChI is InChI=1S/C30H39N3S/c1-22(2)26-5-3-4-6-27(26)28-21-32(20-23-7-8-29-24(17-23)9-16-34-29)14-15-33(28)25-18-30(19-25)10-12-31-13-11-30/h3-9,16-17,22,25,28,31H,10-15,18-21H2,1-2H3. The molecule has 3 aromatic rings. The number of nitrogens with one attached hydrogen (secondary N) is 1. The van der Waals surface area contributed by atoms with Gasteiger partial charge in [-0.25, -0.2) is 0 Å². The van der Waals surface area contributed by atoms with Crippen LogP contribution in [0.25, 0.3) is 10.1 Å². The van der Waals surface area contributed by atoms with Gasteiger partial charge in [0.05, 0.1) is 0 Å². The average Bonchev–Trinajstić information content (AvgIpc) is 3.31. The molecule has 3 nitrogen and oxygen atoms in total. The van der Waals surface area contributed by atoms with Crippen molar-refractivity contribution < 1.29 is 0 Å². The molecule has 1 spiro atoms. The molecule has 1 N–H and O–H groups in total. The fraction of sp³-hybridized carbons (Fsp3) is 0.533. The summed E-state index contributed by atoms with van der Waals surface area (Å²) in [5, 5.41) is 7.18. The minimum atomic E-state index is 0.501. The van der Waals surface area contributed by atoms with Crippen molar-refractivity contribution in [1.29, 1.82) is 0 Å². The Kier molecular flexibility index (Phi) is 6.27. The maximum atomic E-state index is 3.58. The van der Waals surface area contributed by atoms with E-state index < -0.39 is 0 Å². The average molecular weight is 474 g/mol. The fourth-order valence-electron chi connectivity index (χ4n) is 6.96. The summed E-state index contributed by atoms with van der Waals surface area (Å²) in [6.45, 7) is 11.7. The van der Waals surface area contributed by atoms with Crippen LogP contribution >= 0.6 is 11.3 Å². The van der Waals surface area contributed by atoms with E-state index in [1.54, 1.807) is 5.56 Å². The number of fused-ring (bicyclic) bond motifs is 1. The predicted molar refractivity (Wildman–Crippen MR) is 145 cm³/mol. The Morgan fingerprint density at radius 3 is 2.68 bits per heavy atom. The molecule has 1 saturated carbocycles. The van der Waals surface area contributed by atoms with Gasteiger partial charge in [0.2, 0.25) is 0 Å². The third-order valence-corrected chi connectivity index (χ3v) is 9.77. The molecule has 0 radical (unpaired) electrons. The fourth-order valence-corrected chi connectivity index (χ4v) is 7.73. The van der Waals surface area contributed by atoms with Crippen molar-refractivity contribution in [3.05, 3.63) is 70.6 Å². The Labute approximate surface area is 209 Å². The minimum Gasteiger partial charge on any atom is -0.317 e. The van der Waals surface area contributed by atoms with Crippen LogP contribution in [0, 0.1) is 5.41 Å². The number of hydrogen-bond acceptors (Lipinski definition) is 4. The molecule has 4 heteroatoms. The normalized spacial score (nSPS) is 24.1. The third kappa shape index (κ3) is 4.35. The van der Waals surface area contributed by atoms with Crippen molar-refractivity contribution in [2.75, 3.05) is 32.7 Å². The molecular formula is C30H39N3S. The molecule has 1 aliphatic carbocycles. The highest BCUT2D eigenvalue weighted by Gasteiger charge is 2.49. The van der Waals surface area contributed by atoms with Crippen LogP contribution in [0.1, 0.15) is 68.2 Å². The largest absolute Gasteiger partial charge is 0.317 e.